The highest BCUT2D eigenvalue weighted by Crippen LogP contribution is 2.22. The molecule has 148 valence electrons. The number of hydrogen-bond donors (Lipinski definition) is 2. The summed E-state index contributed by atoms with van der Waals surface area (Å²) in [7, 11) is -3.47. The van der Waals surface area contributed by atoms with Crippen LogP contribution in [-0.4, -0.2) is 37.6 Å². The zero-order chi connectivity index (χ0) is 20.1. The van der Waals surface area contributed by atoms with Crippen molar-refractivity contribution >= 4 is 33.2 Å². The maximum atomic E-state index is 12.5. The summed E-state index contributed by atoms with van der Waals surface area (Å²) < 4.78 is 26.5. The first-order chi connectivity index (χ1) is 13.4. The number of sulfonamides is 1. The lowest BCUT2D eigenvalue weighted by molar-refractivity contribution is -0.115. The van der Waals surface area contributed by atoms with E-state index in [1.807, 2.05) is 0 Å². The Morgan fingerprint density at radius 1 is 0.893 bits per heavy atom. The van der Waals surface area contributed by atoms with Crippen molar-refractivity contribution in [2.24, 2.45) is 0 Å². The fourth-order valence-corrected chi connectivity index (χ4v) is 4.46. The summed E-state index contributed by atoms with van der Waals surface area (Å²) in [6, 6.07) is 12.7. The van der Waals surface area contributed by atoms with E-state index in [0.717, 1.165) is 12.8 Å². The minimum atomic E-state index is -3.47. The molecule has 1 aliphatic rings. The molecule has 0 saturated carbocycles. The van der Waals surface area contributed by atoms with Crippen LogP contribution in [0.5, 0.6) is 0 Å². The van der Waals surface area contributed by atoms with Gasteiger partial charge in [0.05, 0.1) is 4.90 Å². The number of rotatable bonds is 6. The van der Waals surface area contributed by atoms with Gasteiger partial charge >= 0.3 is 0 Å². The summed E-state index contributed by atoms with van der Waals surface area (Å²) in [5.41, 5.74) is 1.57. The van der Waals surface area contributed by atoms with Gasteiger partial charge in [0.1, 0.15) is 0 Å². The van der Waals surface area contributed by atoms with E-state index in [9.17, 15) is 18.0 Å². The van der Waals surface area contributed by atoms with Crippen molar-refractivity contribution in [1.29, 1.82) is 0 Å². The van der Waals surface area contributed by atoms with E-state index in [2.05, 4.69) is 10.6 Å². The fraction of sp³-hybridized carbons (Fsp3) is 0.300. The summed E-state index contributed by atoms with van der Waals surface area (Å²) in [5, 5.41) is 5.46. The molecular formula is C20H23N3O4S. The van der Waals surface area contributed by atoms with Crippen LogP contribution in [0.3, 0.4) is 0 Å². The van der Waals surface area contributed by atoms with Crippen molar-refractivity contribution in [3.8, 4) is 0 Å². The fourth-order valence-electron chi connectivity index (χ4n) is 2.95. The number of hydrogen-bond acceptors (Lipinski definition) is 4. The Balaban J connectivity index is 1.65. The second-order valence-electron chi connectivity index (χ2n) is 6.57. The minimum absolute atomic E-state index is 0.0961. The highest BCUT2D eigenvalue weighted by molar-refractivity contribution is 7.89. The number of benzene rings is 2. The van der Waals surface area contributed by atoms with E-state index in [1.165, 1.54) is 16.4 Å². The summed E-state index contributed by atoms with van der Waals surface area (Å²) in [6.45, 7) is 2.86. The minimum Gasteiger partial charge on any atom is -0.326 e. The highest BCUT2D eigenvalue weighted by Gasteiger charge is 2.26. The number of nitrogens with zero attached hydrogens (tertiary/aromatic N) is 1. The van der Waals surface area contributed by atoms with Crippen LogP contribution in [0.25, 0.3) is 0 Å². The molecule has 2 amide bonds. The summed E-state index contributed by atoms with van der Waals surface area (Å²) in [5.74, 6) is -0.412. The molecule has 2 aromatic rings. The zero-order valence-electron chi connectivity index (χ0n) is 15.6. The van der Waals surface area contributed by atoms with E-state index in [0.29, 0.717) is 36.4 Å². The maximum absolute atomic E-state index is 12.5. The van der Waals surface area contributed by atoms with Crippen LogP contribution in [0, 0.1) is 0 Å². The molecule has 7 nitrogen and oxygen atoms in total. The highest BCUT2D eigenvalue weighted by atomic mass is 32.2. The van der Waals surface area contributed by atoms with Gasteiger partial charge in [-0.1, -0.05) is 6.92 Å². The summed E-state index contributed by atoms with van der Waals surface area (Å²) in [4.78, 5) is 24.0. The topological polar surface area (TPSA) is 95.6 Å². The number of carbonyl (C=O) groups is 2. The molecule has 8 heteroatoms. The monoisotopic (exact) mass is 401 g/mol. The first-order valence-corrected chi connectivity index (χ1v) is 10.7. The Labute approximate surface area is 164 Å². The summed E-state index contributed by atoms with van der Waals surface area (Å²) in [6.07, 6.45) is 2.15. The van der Waals surface area contributed by atoms with E-state index >= 15 is 0 Å². The number of carbonyl (C=O) groups excluding carboxylic acids is 2. The van der Waals surface area contributed by atoms with E-state index in [-0.39, 0.29) is 16.7 Å². The van der Waals surface area contributed by atoms with Crippen LogP contribution in [-0.2, 0) is 14.8 Å². The van der Waals surface area contributed by atoms with Gasteiger partial charge in [-0.15, -0.1) is 0 Å². The van der Waals surface area contributed by atoms with Crippen molar-refractivity contribution in [2.75, 3.05) is 23.7 Å². The third kappa shape index (κ3) is 4.58. The smallest absolute Gasteiger partial charge is 0.255 e. The van der Waals surface area contributed by atoms with Gasteiger partial charge in [0.15, 0.2) is 0 Å². The van der Waals surface area contributed by atoms with E-state index in [1.54, 1.807) is 43.3 Å². The molecule has 0 bridgehead atoms. The van der Waals surface area contributed by atoms with Gasteiger partial charge in [0.25, 0.3) is 5.91 Å². The lowest BCUT2D eigenvalue weighted by Gasteiger charge is -2.15. The molecule has 0 radical (unpaired) electrons. The maximum Gasteiger partial charge on any atom is 0.255 e. The molecule has 1 heterocycles. The number of amides is 2. The number of nitrogens with one attached hydrogen (secondary N) is 2. The van der Waals surface area contributed by atoms with Crippen LogP contribution < -0.4 is 10.6 Å². The van der Waals surface area contributed by atoms with Crippen LogP contribution in [0.4, 0.5) is 11.4 Å². The van der Waals surface area contributed by atoms with Crippen molar-refractivity contribution in [3.63, 3.8) is 0 Å². The molecule has 3 rings (SSSR count). The van der Waals surface area contributed by atoms with Gasteiger partial charge in [0.2, 0.25) is 15.9 Å². The van der Waals surface area contributed by atoms with Gasteiger partial charge in [0, 0.05) is 36.4 Å². The van der Waals surface area contributed by atoms with Crippen LogP contribution in [0.1, 0.15) is 36.5 Å². The molecule has 0 aliphatic carbocycles. The molecule has 2 N–H and O–H groups in total. The molecule has 1 fully saturated rings. The largest absolute Gasteiger partial charge is 0.326 e. The molecule has 0 spiro atoms. The molecule has 0 atom stereocenters. The third-order valence-corrected chi connectivity index (χ3v) is 6.48. The Morgan fingerprint density at radius 3 is 2.00 bits per heavy atom. The van der Waals surface area contributed by atoms with Crippen molar-refractivity contribution < 1.29 is 18.0 Å². The van der Waals surface area contributed by atoms with E-state index < -0.39 is 10.0 Å². The Morgan fingerprint density at radius 2 is 1.43 bits per heavy atom. The SMILES string of the molecule is CCC(=O)Nc1ccc(C(=O)Nc2ccc(S(=O)(=O)N3CCCC3)cc2)cc1. The van der Waals surface area contributed by atoms with Gasteiger partial charge in [-0.05, 0) is 61.4 Å². The van der Waals surface area contributed by atoms with Crippen LogP contribution in [0.15, 0.2) is 53.4 Å². The Hall–Kier alpha value is -2.71. The lowest BCUT2D eigenvalue weighted by Crippen LogP contribution is -2.27. The zero-order valence-corrected chi connectivity index (χ0v) is 16.5. The Kier molecular flexibility index (Phi) is 6.11. The molecule has 1 saturated heterocycles. The third-order valence-electron chi connectivity index (χ3n) is 4.57. The predicted molar refractivity (Wildman–Crippen MR) is 108 cm³/mol. The second-order valence-corrected chi connectivity index (χ2v) is 8.51. The molecule has 2 aromatic carbocycles. The van der Waals surface area contributed by atoms with Crippen LogP contribution in [0.2, 0.25) is 0 Å². The Bertz CT molecular complexity index is 948. The average Bonchev–Trinajstić information content (AvgIpc) is 3.24. The number of anilines is 2. The standard InChI is InChI=1S/C20H23N3O4S/c1-2-19(24)21-16-7-5-15(6-8-16)20(25)22-17-9-11-18(12-10-17)28(26,27)23-13-3-4-14-23/h5-12H,2-4,13-14H2,1H3,(H,21,24)(H,22,25). The van der Waals surface area contributed by atoms with Gasteiger partial charge in [-0.2, -0.15) is 4.31 Å². The van der Waals surface area contributed by atoms with Gasteiger partial charge in [-0.25, -0.2) is 8.42 Å². The second kappa shape index (κ2) is 8.53. The van der Waals surface area contributed by atoms with Gasteiger partial charge in [-0.3, -0.25) is 9.59 Å². The molecule has 0 aromatic heterocycles. The molecule has 28 heavy (non-hydrogen) atoms. The average molecular weight is 401 g/mol. The quantitative estimate of drug-likeness (QED) is 0.778. The molecule has 0 unspecified atom stereocenters. The van der Waals surface area contributed by atoms with Crippen molar-refractivity contribution in [3.05, 3.63) is 54.1 Å². The van der Waals surface area contributed by atoms with Crippen molar-refractivity contribution in [2.45, 2.75) is 31.1 Å². The summed E-state index contributed by atoms with van der Waals surface area (Å²) >= 11 is 0. The van der Waals surface area contributed by atoms with Gasteiger partial charge < -0.3 is 10.6 Å². The van der Waals surface area contributed by atoms with Crippen molar-refractivity contribution in [1.82, 2.24) is 4.31 Å². The first kappa shape index (κ1) is 20.0. The predicted octanol–water partition coefficient (Wildman–Crippen LogP) is 3.07. The molecule has 1 aliphatic heterocycles. The first-order valence-electron chi connectivity index (χ1n) is 9.21. The normalized spacial score (nSPS) is 14.6. The van der Waals surface area contributed by atoms with Crippen LogP contribution >= 0.6 is 0 Å². The molecular weight excluding hydrogens is 378 g/mol. The van der Waals surface area contributed by atoms with E-state index in [4.69, 9.17) is 0 Å². The lowest BCUT2D eigenvalue weighted by atomic mass is 10.2.